The van der Waals surface area contributed by atoms with Crippen molar-refractivity contribution in [3.8, 4) is 0 Å². The van der Waals surface area contributed by atoms with Crippen LogP contribution in [-0.2, 0) is 4.79 Å². The molecule has 0 aromatic rings. The Kier molecular flexibility index (Phi) is 5.55. The first-order chi connectivity index (χ1) is 6.25. The zero-order valence-electron chi connectivity index (χ0n) is 8.74. The van der Waals surface area contributed by atoms with E-state index < -0.39 is 5.97 Å². The van der Waals surface area contributed by atoms with E-state index in [1.54, 1.807) is 0 Å². The number of carboxylic acid groups (broad SMARTS) is 1. The molecule has 14 heavy (non-hydrogen) atoms. The first-order valence-electron chi connectivity index (χ1n) is 4.92. The minimum Gasteiger partial charge on any atom is -0.549 e. The van der Waals surface area contributed by atoms with Gasteiger partial charge in [-0.15, -0.1) is 0 Å². The molecule has 0 bridgehead atoms. The van der Waals surface area contributed by atoms with Gasteiger partial charge in [0, 0.05) is 38.8 Å². The number of carbonyl (C=O) groups excluding carboxylic acids is 1. The van der Waals surface area contributed by atoms with Gasteiger partial charge in [-0.05, 0) is 12.8 Å². The molecule has 2 fully saturated rings. The van der Waals surface area contributed by atoms with Crippen molar-refractivity contribution < 1.29 is 61.3 Å². The SMILES string of the molecule is O=C([O-])CN1CCN(C2CC2)CC1.[K+]. The van der Waals surface area contributed by atoms with Gasteiger partial charge in [-0.25, -0.2) is 0 Å². The maximum absolute atomic E-state index is 10.3. The maximum Gasteiger partial charge on any atom is 1.00 e. The van der Waals surface area contributed by atoms with Crippen molar-refractivity contribution >= 4 is 5.97 Å². The second kappa shape index (κ2) is 5.93. The van der Waals surface area contributed by atoms with Crippen molar-refractivity contribution in [2.45, 2.75) is 18.9 Å². The Balaban J connectivity index is 0.000000980. The minimum atomic E-state index is -0.958. The Morgan fingerprint density at radius 3 is 2.21 bits per heavy atom. The molecular formula is C9H15KN2O2. The first-order valence-corrected chi connectivity index (χ1v) is 4.92. The van der Waals surface area contributed by atoms with Crippen molar-refractivity contribution in [3.05, 3.63) is 0 Å². The van der Waals surface area contributed by atoms with Crippen LogP contribution in [0.4, 0.5) is 0 Å². The van der Waals surface area contributed by atoms with Crippen molar-refractivity contribution in [2.75, 3.05) is 32.7 Å². The molecule has 2 aliphatic rings. The van der Waals surface area contributed by atoms with Crippen molar-refractivity contribution in [1.82, 2.24) is 9.80 Å². The molecule has 1 saturated carbocycles. The third-order valence-corrected chi connectivity index (χ3v) is 2.82. The number of rotatable bonds is 3. The first kappa shape index (κ1) is 13.1. The molecule has 1 saturated heterocycles. The van der Waals surface area contributed by atoms with Crippen molar-refractivity contribution in [1.29, 1.82) is 0 Å². The number of aliphatic carboxylic acids is 1. The summed E-state index contributed by atoms with van der Waals surface area (Å²) < 4.78 is 0. The summed E-state index contributed by atoms with van der Waals surface area (Å²) in [7, 11) is 0. The molecular weight excluding hydrogens is 207 g/mol. The van der Waals surface area contributed by atoms with Crippen LogP contribution in [0.25, 0.3) is 0 Å². The summed E-state index contributed by atoms with van der Waals surface area (Å²) in [5.74, 6) is -0.958. The monoisotopic (exact) mass is 222 g/mol. The van der Waals surface area contributed by atoms with Gasteiger partial charge in [0.25, 0.3) is 0 Å². The molecule has 0 radical (unpaired) electrons. The fourth-order valence-electron chi connectivity index (χ4n) is 1.91. The van der Waals surface area contributed by atoms with E-state index >= 15 is 0 Å². The number of hydrogen-bond donors (Lipinski definition) is 0. The van der Waals surface area contributed by atoms with E-state index in [0.717, 1.165) is 32.2 Å². The summed E-state index contributed by atoms with van der Waals surface area (Å²) >= 11 is 0. The molecule has 5 heteroatoms. The number of nitrogens with zero attached hydrogens (tertiary/aromatic N) is 2. The van der Waals surface area contributed by atoms with Crippen LogP contribution in [-0.4, -0.2) is 54.5 Å². The van der Waals surface area contributed by atoms with Crippen LogP contribution in [0.5, 0.6) is 0 Å². The Morgan fingerprint density at radius 1 is 1.21 bits per heavy atom. The Hall–Kier alpha value is 1.03. The molecule has 0 aromatic heterocycles. The molecule has 1 aliphatic carbocycles. The van der Waals surface area contributed by atoms with Crippen LogP contribution in [0.1, 0.15) is 12.8 Å². The molecule has 2 rings (SSSR count). The molecule has 0 amide bonds. The second-order valence-electron chi connectivity index (χ2n) is 3.92. The third kappa shape index (κ3) is 3.88. The van der Waals surface area contributed by atoms with Gasteiger partial charge >= 0.3 is 51.4 Å². The number of hydrogen-bond acceptors (Lipinski definition) is 4. The van der Waals surface area contributed by atoms with E-state index in [4.69, 9.17) is 0 Å². The van der Waals surface area contributed by atoms with Gasteiger partial charge in [0.2, 0.25) is 0 Å². The summed E-state index contributed by atoms with van der Waals surface area (Å²) in [4.78, 5) is 14.7. The minimum absolute atomic E-state index is 0. The van der Waals surface area contributed by atoms with E-state index in [2.05, 4.69) is 4.90 Å². The second-order valence-corrected chi connectivity index (χ2v) is 3.92. The van der Waals surface area contributed by atoms with Crippen molar-refractivity contribution in [2.24, 2.45) is 0 Å². The molecule has 0 N–H and O–H groups in total. The van der Waals surface area contributed by atoms with Gasteiger partial charge in [-0.2, -0.15) is 0 Å². The molecule has 74 valence electrons. The summed E-state index contributed by atoms with van der Waals surface area (Å²) in [6.07, 6.45) is 2.67. The predicted octanol–water partition coefficient (Wildman–Crippen LogP) is -4.48. The normalized spacial score (nSPS) is 24.3. The predicted molar refractivity (Wildman–Crippen MR) is 46.0 cm³/mol. The van der Waals surface area contributed by atoms with Gasteiger partial charge in [0.1, 0.15) is 0 Å². The fraction of sp³-hybridized carbons (Fsp3) is 0.889. The topological polar surface area (TPSA) is 46.6 Å². The van der Waals surface area contributed by atoms with Crippen LogP contribution >= 0.6 is 0 Å². The van der Waals surface area contributed by atoms with E-state index in [-0.39, 0.29) is 57.9 Å². The Morgan fingerprint density at radius 2 is 1.79 bits per heavy atom. The average Bonchev–Trinajstić information content (AvgIpc) is 2.87. The fourth-order valence-corrected chi connectivity index (χ4v) is 1.91. The molecule has 1 aliphatic heterocycles. The average molecular weight is 222 g/mol. The van der Waals surface area contributed by atoms with E-state index in [1.807, 2.05) is 4.90 Å². The van der Waals surface area contributed by atoms with Gasteiger partial charge in [0.15, 0.2) is 0 Å². The Labute approximate surface area is 127 Å². The smallest absolute Gasteiger partial charge is 0.549 e. The largest absolute Gasteiger partial charge is 1.00 e. The molecule has 0 spiro atoms. The molecule has 0 aromatic carbocycles. The Bertz CT molecular complexity index is 201. The van der Waals surface area contributed by atoms with Gasteiger partial charge in [-0.3, -0.25) is 9.80 Å². The summed E-state index contributed by atoms with van der Waals surface area (Å²) in [6.45, 7) is 3.91. The quantitative estimate of drug-likeness (QED) is 0.452. The van der Waals surface area contributed by atoms with Crippen LogP contribution in [0.15, 0.2) is 0 Å². The zero-order chi connectivity index (χ0) is 9.26. The zero-order valence-corrected chi connectivity index (χ0v) is 11.9. The van der Waals surface area contributed by atoms with Gasteiger partial charge < -0.3 is 9.90 Å². The van der Waals surface area contributed by atoms with E-state index in [1.165, 1.54) is 12.8 Å². The van der Waals surface area contributed by atoms with Crippen LogP contribution in [0, 0.1) is 0 Å². The van der Waals surface area contributed by atoms with Crippen molar-refractivity contribution in [3.63, 3.8) is 0 Å². The number of carboxylic acids is 1. The van der Waals surface area contributed by atoms with E-state index in [0.29, 0.717) is 0 Å². The number of carbonyl (C=O) groups is 1. The van der Waals surface area contributed by atoms with Crippen LogP contribution < -0.4 is 56.5 Å². The van der Waals surface area contributed by atoms with Gasteiger partial charge in [0.05, 0.1) is 5.97 Å². The molecule has 4 nitrogen and oxygen atoms in total. The number of piperazine rings is 1. The third-order valence-electron chi connectivity index (χ3n) is 2.82. The summed E-state index contributed by atoms with van der Waals surface area (Å²) in [5, 5.41) is 10.3. The summed E-state index contributed by atoms with van der Waals surface area (Å²) in [6, 6.07) is 0.810. The molecule has 1 heterocycles. The molecule has 0 unspecified atom stereocenters. The van der Waals surface area contributed by atoms with E-state index in [9.17, 15) is 9.90 Å². The maximum atomic E-state index is 10.3. The molecule has 0 atom stereocenters. The standard InChI is InChI=1S/C9H16N2O2.K/c12-9(13)7-10-3-5-11(6-4-10)8-1-2-8;/h8H,1-7H2,(H,12,13);/q;+1/p-1. The van der Waals surface area contributed by atoms with Crippen LogP contribution in [0.3, 0.4) is 0 Å². The van der Waals surface area contributed by atoms with Gasteiger partial charge in [-0.1, -0.05) is 0 Å². The van der Waals surface area contributed by atoms with Crippen LogP contribution in [0.2, 0.25) is 0 Å². The summed E-state index contributed by atoms with van der Waals surface area (Å²) in [5.41, 5.74) is 0.